The Morgan fingerprint density at radius 2 is 1.95 bits per heavy atom. The predicted octanol–water partition coefficient (Wildman–Crippen LogP) is 4.77. The van der Waals surface area contributed by atoms with Crippen LogP contribution in [0.1, 0.15) is 18.1 Å². The molecule has 19 heavy (non-hydrogen) atoms. The highest BCUT2D eigenvalue weighted by Gasteiger charge is 2.02. The fourth-order valence-corrected chi connectivity index (χ4v) is 2.27. The number of halogens is 1. The predicted molar refractivity (Wildman–Crippen MR) is 83.8 cm³/mol. The molecule has 0 saturated carbocycles. The Balaban J connectivity index is 2.06. The van der Waals surface area contributed by atoms with Crippen LogP contribution in [-0.4, -0.2) is 6.61 Å². The standard InChI is InChI=1S/C16H18BrNO/c1-3-19-14-7-4-6-13(10-14)11-18-16-9-5-8-15(17)12(16)2/h4-10,18H,3,11H2,1-2H3. The lowest BCUT2D eigenvalue weighted by molar-refractivity contribution is 0.340. The van der Waals surface area contributed by atoms with E-state index in [0.29, 0.717) is 6.61 Å². The zero-order chi connectivity index (χ0) is 13.7. The largest absolute Gasteiger partial charge is 0.494 e. The van der Waals surface area contributed by atoms with Gasteiger partial charge >= 0.3 is 0 Å². The third kappa shape index (κ3) is 3.74. The van der Waals surface area contributed by atoms with Crippen LogP contribution in [0.3, 0.4) is 0 Å². The SMILES string of the molecule is CCOc1cccc(CNc2cccc(Br)c2C)c1. The third-order valence-electron chi connectivity index (χ3n) is 2.96. The van der Waals surface area contributed by atoms with Crippen LogP contribution < -0.4 is 10.1 Å². The normalized spacial score (nSPS) is 10.3. The van der Waals surface area contributed by atoms with Gasteiger partial charge in [-0.2, -0.15) is 0 Å². The summed E-state index contributed by atoms with van der Waals surface area (Å²) in [5.41, 5.74) is 3.59. The van der Waals surface area contributed by atoms with Crippen molar-refractivity contribution in [3.05, 3.63) is 58.1 Å². The molecule has 0 aliphatic rings. The van der Waals surface area contributed by atoms with Crippen LogP contribution in [-0.2, 0) is 6.54 Å². The Bertz CT molecular complexity index is 554. The van der Waals surface area contributed by atoms with Crippen molar-refractivity contribution in [2.24, 2.45) is 0 Å². The minimum absolute atomic E-state index is 0.696. The van der Waals surface area contributed by atoms with Crippen molar-refractivity contribution in [1.29, 1.82) is 0 Å². The summed E-state index contributed by atoms with van der Waals surface area (Å²) in [5, 5.41) is 3.45. The van der Waals surface area contributed by atoms with Crippen LogP contribution in [0.5, 0.6) is 5.75 Å². The molecule has 2 aromatic rings. The van der Waals surface area contributed by atoms with E-state index in [1.165, 1.54) is 11.1 Å². The maximum absolute atomic E-state index is 5.51. The zero-order valence-electron chi connectivity index (χ0n) is 11.2. The minimum Gasteiger partial charge on any atom is -0.494 e. The van der Waals surface area contributed by atoms with E-state index < -0.39 is 0 Å². The second-order valence-electron chi connectivity index (χ2n) is 4.35. The monoisotopic (exact) mass is 319 g/mol. The zero-order valence-corrected chi connectivity index (χ0v) is 12.8. The van der Waals surface area contributed by atoms with Crippen LogP contribution in [0.2, 0.25) is 0 Å². The molecule has 1 N–H and O–H groups in total. The molecule has 2 rings (SSSR count). The van der Waals surface area contributed by atoms with Gasteiger partial charge in [-0.25, -0.2) is 0 Å². The Morgan fingerprint density at radius 1 is 1.16 bits per heavy atom. The molecule has 0 saturated heterocycles. The Kier molecular flexibility index (Phi) is 4.86. The topological polar surface area (TPSA) is 21.3 Å². The first-order valence-electron chi connectivity index (χ1n) is 6.41. The van der Waals surface area contributed by atoms with Crippen molar-refractivity contribution >= 4 is 21.6 Å². The Hall–Kier alpha value is -1.48. The van der Waals surface area contributed by atoms with E-state index in [0.717, 1.165) is 22.5 Å². The summed E-state index contributed by atoms with van der Waals surface area (Å²) in [6.07, 6.45) is 0. The van der Waals surface area contributed by atoms with Gasteiger partial charge < -0.3 is 10.1 Å². The maximum atomic E-state index is 5.51. The first-order valence-corrected chi connectivity index (χ1v) is 7.20. The average molecular weight is 320 g/mol. The molecule has 3 heteroatoms. The number of hydrogen-bond donors (Lipinski definition) is 1. The second kappa shape index (κ2) is 6.62. The lowest BCUT2D eigenvalue weighted by Gasteiger charge is -2.11. The molecule has 0 heterocycles. The molecule has 0 unspecified atom stereocenters. The van der Waals surface area contributed by atoms with Crippen molar-refractivity contribution < 1.29 is 4.74 Å². The van der Waals surface area contributed by atoms with E-state index in [1.54, 1.807) is 0 Å². The molecule has 0 bridgehead atoms. The molecule has 2 nitrogen and oxygen atoms in total. The lowest BCUT2D eigenvalue weighted by Crippen LogP contribution is -2.01. The molecule has 0 amide bonds. The summed E-state index contributed by atoms with van der Waals surface area (Å²) in [6.45, 7) is 5.58. The van der Waals surface area contributed by atoms with Crippen molar-refractivity contribution in [3.8, 4) is 5.75 Å². The molecule has 0 aliphatic heterocycles. The third-order valence-corrected chi connectivity index (χ3v) is 3.82. The van der Waals surface area contributed by atoms with Crippen LogP contribution in [0.25, 0.3) is 0 Å². The molecule has 0 radical (unpaired) electrons. The van der Waals surface area contributed by atoms with E-state index in [1.807, 2.05) is 25.1 Å². The van der Waals surface area contributed by atoms with E-state index in [4.69, 9.17) is 4.74 Å². The number of rotatable bonds is 5. The van der Waals surface area contributed by atoms with Crippen LogP contribution in [0.15, 0.2) is 46.9 Å². The summed E-state index contributed by atoms with van der Waals surface area (Å²) in [7, 11) is 0. The molecule has 0 atom stereocenters. The Labute approximate surface area is 122 Å². The van der Waals surface area contributed by atoms with Crippen LogP contribution >= 0.6 is 15.9 Å². The molecule has 100 valence electrons. The molecular formula is C16H18BrNO. The summed E-state index contributed by atoms with van der Waals surface area (Å²) in [6, 6.07) is 14.4. The maximum Gasteiger partial charge on any atom is 0.119 e. The van der Waals surface area contributed by atoms with Crippen LogP contribution in [0, 0.1) is 6.92 Å². The van der Waals surface area contributed by atoms with Crippen molar-refractivity contribution in [2.45, 2.75) is 20.4 Å². The van der Waals surface area contributed by atoms with E-state index in [9.17, 15) is 0 Å². The van der Waals surface area contributed by atoms with Gasteiger partial charge in [0.1, 0.15) is 5.75 Å². The second-order valence-corrected chi connectivity index (χ2v) is 5.20. The number of benzene rings is 2. The van der Waals surface area contributed by atoms with Crippen molar-refractivity contribution in [1.82, 2.24) is 0 Å². The van der Waals surface area contributed by atoms with E-state index >= 15 is 0 Å². The summed E-state index contributed by atoms with van der Waals surface area (Å²) in [4.78, 5) is 0. The molecule has 0 aromatic heterocycles. The van der Waals surface area contributed by atoms with Gasteiger partial charge in [-0.15, -0.1) is 0 Å². The Morgan fingerprint density at radius 3 is 2.74 bits per heavy atom. The minimum atomic E-state index is 0.696. The summed E-state index contributed by atoms with van der Waals surface area (Å²) < 4.78 is 6.63. The fourth-order valence-electron chi connectivity index (χ4n) is 1.91. The van der Waals surface area contributed by atoms with Gasteiger partial charge in [0.15, 0.2) is 0 Å². The smallest absolute Gasteiger partial charge is 0.119 e. The van der Waals surface area contributed by atoms with Gasteiger partial charge in [-0.05, 0) is 49.2 Å². The number of nitrogens with one attached hydrogen (secondary N) is 1. The van der Waals surface area contributed by atoms with Crippen molar-refractivity contribution in [2.75, 3.05) is 11.9 Å². The molecule has 0 spiro atoms. The van der Waals surface area contributed by atoms with E-state index in [2.05, 4.69) is 52.4 Å². The van der Waals surface area contributed by atoms with E-state index in [-0.39, 0.29) is 0 Å². The van der Waals surface area contributed by atoms with Crippen LogP contribution in [0.4, 0.5) is 5.69 Å². The number of ether oxygens (including phenoxy) is 1. The highest BCUT2D eigenvalue weighted by Crippen LogP contribution is 2.24. The average Bonchev–Trinajstić information content (AvgIpc) is 2.41. The summed E-state index contributed by atoms with van der Waals surface area (Å²) >= 11 is 3.54. The van der Waals surface area contributed by atoms with Gasteiger partial charge in [-0.1, -0.05) is 34.1 Å². The van der Waals surface area contributed by atoms with Gasteiger partial charge in [0.2, 0.25) is 0 Å². The first kappa shape index (κ1) is 13.9. The van der Waals surface area contributed by atoms with Crippen molar-refractivity contribution in [3.63, 3.8) is 0 Å². The number of anilines is 1. The molecule has 0 aliphatic carbocycles. The molecule has 0 fully saturated rings. The summed E-state index contributed by atoms with van der Waals surface area (Å²) in [5.74, 6) is 0.924. The van der Waals surface area contributed by atoms with Gasteiger partial charge in [-0.3, -0.25) is 0 Å². The highest BCUT2D eigenvalue weighted by molar-refractivity contribution is 9.10. The fraction of sp³-hybridized carbons (Fsp3) is 0.250. The van der Waals surface area contributed by atoms with Gasteiger partial charge in [0.25, 0.3) is 0 Å². The quantitative estimate of drug-likeness (QED) is 0.857. The molecule has 2 aromatic carbocycles. The number of hydrogen-bond acceptors (Lipinski definition) is 2. The first-order chi connectivity index (χ1) is 9.20. The van der Waals surface area contributed by atoms with Gasteiger partial charge in [0.05, 0.1) is 6.61 Å². The highest BCUT2D eigenvalue weighted by atomic mass is 79.9. The molecular weight excluding hydrogens is 302 g/mol. The van der Waals surface area contributed by atoms with Gasteiger partial charge in [0, 0.05) is 16.7 Å². The lowest BCUT2D eigenvalue weighted by atomic mass is 10.1.